The minimum Gasteiger partial charge on any atom is -0.501 e. The number of carbonyl (C=O) groups is 2. The maximum atomic E-state index is 13.0. The van der Waals surface area contributed by atoms with Crippen molar-refractivity contribution in [2.45, 2.75) is 12.8 Å². The summed E-state index contributed by atoms with van der Waals surface area (Å²) in [5, 5.41) is 32.2. The van der Waals surface area contributed by atoms with Gasteiger partial charge in [-0.05, 0) is 24.1 Å². The third-order valence-corrected chi connectivity index (χ3v) is 5.26. The van der Waals surface area contributed by atoms with E-state index < -0.39 is 39.9 Å². The Bertz CT molecular complexity index is 1290. The lowest BCUT2D eigenvalue weighted by atomic mass is 9.81. The molecule has 2 aromatic carbocycles. The zero-order valence-electron chi connectivity index (χ0n) is 18.4. The van der Waals surface area contributed by atoms with Crippen LogP contribution in [0.2, 0.25) is 0 Å². The van der Waals surface area contributed by atoms with Crippen molar-refractivity contribution in [3.8, 4) is 11.8 Å². The molecule has 2 aromatic rings. The molecule has 34 heavy (non-hydrogen) atoms. The van der Waals surface area contributed by atoms with Crippen LogP contribution in [0.1, 0.15) is 17.0 Å². The number of nitro groups is 1. The SMILES string of the molecule is COC(=O)C1=C(C(=O)OC)N(c2cc(C)cc([N+](=O)[O-])c2O)C(N)=C(C#N)C1c1ccccc1. The Balaban J connectivity index is 2.49. The first-order chi connectivity index (χ1) is 16.2. The minimum absolute atomic E-state index is 0.136. The number of methoxy groups -OCH3 is 2. The lowest BCUT2D eigenvalue weighted by Crippen LogP contribution is -2.40. The second-order valence-corrected chi connectivity index (χ2v) is 7.24. The van der Waals surface area contributed by atoms with Gasteiger partial charge in [0.15, 0.2) is 0 Å². The van der Waals surface area contributed by atoms with Crippen molar-refractivity contribution < 1.29 is 29.1 Å². The highest BCUT2D eigenvalue weighted by atomic mass is 16.6. The van der Waals surface area contributed by atoms with Crippen molar-refractivity contribution in [1.82, 2.24) is 0 Å². The molecule has 1 heterocycles. The Morgan fingerprint density at radius 3 is 2.32 bits per heavy atom. The summed E-state index contributed by atoms with van der Waals surface area (Å²) in [6.45, 7) is 1.53. The van der Waals surface area contributed by atoms with Gasteiger partial charge in [-0.15, -0.1) is 0 Å². The predicted octanol–water partition coefficient (Wildman–Crippen LogP) is 2.51. The molecule has 0 aromatic heterocycles. The molecule has 0 saturated heterocycles. The molecule has 1 aliphatic rings. The summed E-state index contributed by atoms with van der Waals surface area (Å²) in [7, 11) is 2.16. The summed E-state index contributed by atoms with van der Waals surface area (Å²) in [5.41, 5.74) is 5.33. The fourth-order valence-electron chi connectivity index (χ4n) is 3.81. The van der Waals surface area contributed by atoms with Crippen molar-refractivity contribution in [3.05, 3.63) is 86.4 Å². The molecule has 3 N–H and O–H groups in total. The van der Waals surface area contributed by atoms with Gasteiger partial charge in [-0.2, -0.15) is 5.26 Å². The molecule has 11 nitrogen and oxygen atoms in total. The van der Waals surface area contributed by atoms with Gasteiger partial charge in [-0.1, -0.05) is 30.3 Å². The topological polar surface area (TPSA) is 169 Å². The number of phenols is 1. The molecule has 174 valence electrons. The van der Waals surface area contributed by atoms with E-state index in [1.54, 1.807) is 30.3 Å². The Kier molecular flexibility index (Phi) is 6.54. The molecule has 1 unspecified atom stereocenters. The van der Waals surface area contributed by atoms with Crippen LogP contribution in [0.5, 0.6) is 5.75 Å². The number of ether oxygens (including phenoxy) is 2. The summed E-state index contributed by atoms with van der Waals surface area (Å²) < 4.78 is 9.81. The van der Waals surface area contributed by atoms with E-state index in [1.165, 1.54) is 13.0 Å². The van der Waals surface area contributed by atoms with E-state index in [-0.39, 0.29) is 22.7 Å². The molecular weight excluding hydrogens is 444 g/mol. The van der Waals surface area contributed by atoms with Gasteiger partial charge in [0, 0.05) is 6.07 Å². The number of esters is 2. The van der Waals surface area contributed by atoms with E-state index in [1.807, 2.05) is 6.07 Å². The zero-order chi connectivity index (χ0) is 25.2. The van der Waals surface area contributed by atoms with Crippen LogP contribution in [-0.2, 0) is 19.1 Å². The van der Waals surface area contributed by atoms with E-state index in [9.17, 15) is 30.1 Å². The van der Waals surface area contributed by atoms with E-state index in [2.05, 4.69) is 0 Å². The number of aryl methyl sites for hydroxylation is 1. The quantitative estimate of drug-likeness (QED) is 0.381. The number of carbonyl (C=O) groups excluding carboxylic acids is 2. The molecule has 0 bridgehead atoms. The Morgan fingerprint density at radius 2 is 1.79 bits per heavy atom. The number of allylic oxidation sites excluding steroid dienone is 1. The standard InChI is InChI=1S/C23H20N4O7/c1-12-9-15(20(28)16(10-12)27(31)32)26-19(23(30)34-3)18(22(29)33-2)17(14(11-24)21(26)25)13-7-5-4-6-8-13/h4-10,17,28H,25H2,1-3H3. The monoisotopic (exact) mass is 464 g/mol. The number of benzene rings is 2. The van der Waals surface area contributed by atoms with E-state index in [0.29, 0.717) is 11.1 Å². The molecule has 0 spiro atoms. The van der Waals surface area contributed by atoms with Gasteiger partial charge in [-0.25, -0.2) is 9.59 Å². The average molecular weight is 464 g/mol. The summed E-state index contributed by atoms with van der Waals surface area (Å²) >= 11 is 0. The highest BCUT2D eigenvalue weighted by molar-refractivity contribution is 6.06. The van der Waals surface area contributed by atoms with E-state index >= 15 is 0 Å². The van der Waals surface area contributed by atoms with Gasteiger partial charge in [0.1, 0.15) is 11.5 Å². The van der Waals surface area contributed by atoms with Gasteiger partial charge in [0.05, 0.1) is 48.0 Å². The number of nitriles is 1. The van der Waals surface area contributed by atoms with Gasteiger partial charge in [-0.3, -0.25) is 15.0 Å². The molecule has 0 amide bonds. The fraction of sp³-hybridized carbons (Fsp3) is 0.174. The number of rotatable bonds is 5. The van der Waals surface area contributed by atoms with Crippen molar-refractivity contribution in [2.24, 2.45) is 5.73 Å². The minimum atomic E-state index is -1.11. The molecule has 3 rings (SSSR count). The van der Waals surface area contributed by atoms with Gasteiger partial charge in [0.2, 0.25) is 5.75 Å². The number of nitrogens with zero attached hydrogens (tertiary/aromatic N) is 3. The third kappa shape index (κ3) is 3.88. The first-order valence-corrected chi connectivity index (χ1v) is 9.81. The Hall–Kier alpha value is -4.85. The van der Waals surface area contributed by atoms with Gasteiger partial charge >= 0.3 is 17.6 Å². The van der Waals surface area contributed by atoms with Crippen LogP contribution < -0.4 is 10.6 Å². The molecule has 1 atom stereocenters. The summed E-state index contributed by atoms with van der Waals surface area (Å²) in [6.07, 6.45) is 0. The first kappa shape index (κ1) is 23.8. The highest BCUT2D eigenvalue weighted by Crippen LogP contribution is 2.47. The number of hydrogen-bond donors (Lipinski definition) is 2. The number of phenolic OH excluding ortho intramolecular Hbond substituents is 1. The summed E-state index contributed by atoms with van der Waals surface area (Å²) in [6, 6.07) is 12.8. The van der Waals surface area contributed by atoms with Crippen LogP contribution in [0.4, 0.5) is 11.4 Å². The number of nitrogens with two attached hydrogens (primary N) is 1. The number of anilines is 1. The predicted molar refractivity (Wildman–Crippen MR) is 119 cm³/mol. The first-order valence-electron chi connectivity index (χ1n) is 9.81. The smallest absolute Gasteiger partial charge is 0.355 e. The lowest BCUT2D eigenvalue weighted by Gasteiger charge is -2.36. The molecule has 0 aliphatic carbocycles. The molecule has 0 saturated carbocycles. The zero-order valence-corrected chi connectivity index (χ0v) is 18.4. The second kappa shape index (κ2) is 9.33. The lowest BCUT2D eigenvalue weighted by molar-refractivity contribution is -0.385. The second-order valence-electron chi connectivity index (χ2n) is 7.24. The van der Waals surface area contributed by atoms with Gasteiger partial charge < -0.3 is 20.3 Å². The third-order valence-electron chi connectivity index (χ3n) is 5.26. The molecule has 1 aliphatic heterocycles. The Labute approximate surface area is 194 Å². The van der Waals surface area contributed by atoms with Gasteiger partial charge in [0.25, 0.3) is 0 Å². The fourth-order valence-corrected chi connectivity index (χ4v) is 3.81. The van der Waals surface area contributed by atoms with Crippen LogP contribution in [-0.4, -0.2) is 36.2 Å². The average Bonchev–Trinajstić information content (AvgIpc) is 2.83. The molecule has 11 heteroatoms. The molecular formula is C23H20N4O7. The van der Waals surface area contributed by atoms with Crippen LogP contribution in [0.15, 0.2) is 65.1 Å². The van der Waals surface area contributed by atoms with Crippen LogP contribution >= 0.6 is 0 Å². The van der Waals surface area contributed by atoms with Crippen molar-refractivity contribution >= 4 is 23.3 Å². The number of hydrogen-bond acceptors (Lipinski definition) is 10. The van der Waals surface area contributed by atoms with E-state index in [4.69, 9.17) is 15.2 Å². The number of aromatic hydroxyl groups is 1. The van der Waals surface area contributed by atoms with Crippen LogP contribution in [0.3, 0.4) is 0 Å². The van der Waals surface area contributed by atoms with Crippen LogP contribution in [0, 0.1) is 28.4 Å². The molecule has 0 radical (unpaired) electrons. The van der Waals surface area contributed by atoms with E-state index in [0.717, 1.165) is 25.2 Å². The van der Waals surface area contributed by atoms with Crippen molar-refractivity contribution in [2.75, 3.05) is 19.1 Å². The van der Waals surface area contributed by atoms with Crippen molar-refractivity contribution in [3.63, 3.8) is 0 Å². The van der Waals surface area contributed by atoms with Crippen LogP contribution in [0.25, 0.3) is 0 Å². The summed E-state index contributed by atoms with van der Waals surface area (Å²) in [5.74, 6) is -4.24. The Morgan fingerprint density at radius 1 is 1.18 bits per heavy atom. The maximum absolute atomic E-state index is 13.0. The highest BCUT2D eigenvalue weighted by Gasteiger charge is 2.44. The maximum Gasteiger partial charge on any atom is 0.355 e. The number of nitro benzene ring substituents is 1. The largest absolute Gasteiger partial charge is 0.501 e. The van der Waals surface area contributed by atoms with Crippen molar-refractivity contribution in [1.29, 1.82) is 5.26 Å². The molecule has 0 fully saturated rings. The summed E-state index contributed by atoms with van der Waals surface area (Å²) in [4.78, 5) is 37.6. The normalized spacial score (nSPS) is 15.6.